The van der Waals surface area contributed by atoms with E-state index in [4.69, 9.17) is 22.1 Å². The second-order valence-corrected chi connectivity index (χ2v) is 7.82. The molecule has 32 heavy (non-hydrogen) atoms. The molecule has 1 aliphatic rings. The number of carbonyl (C=O) groups is 2. The number of carbonyl (C=O) groups excluding carboxylic acids is 2. The molecule has 2 aromatic carbocycles. The molecule has 0 unspecified atom stereocenters. The van der Waals surface area contributed by atoms with Crippen LogP contribution in [0.15, 0.2) is 42.5 Å². The number of amides is 3. The minimum atomic E-state index is -0.439. The molecule has 0 aromatic heterocycles. The topological polar surface area (TPSA) is 99.9 Å². The van der Waals surface area contributed by atoms with E-state index in [2.05, 4.69) is 15.5 Å². The van der Waals surface area contributed by atoms with Gasteiger partial charge in [0, 0.05) is 50.8 Å². The summed E-state index contributed by atoms with van der Waals surface area (Å²) in [5, 5.41) is 5.67. The van der Waals surface area contributed by atoms with Gasteiger partial charge in [0.25, 0.3) is 5.91 Å². The van der Waals surface area contributed by atoms with Crippen LogP contribution in [-0.4, -0.2) is 67.6 Å². The Hall–Kier alpha value is -2.88. The molecule has 0 bridgehead atoms. The number of rotatable bonds is 8. The summed E-state index contributed by atoms with van der Waals surface area (Å²) in [6, 6.07) is 10.8. The zero-order valence-corrected chi connectivity index (χ0v) is 18.4. The molecule has 0 saturated carbocycles. The van der Waals surface area contributed by atoms with Crippen molar-refractivity contribution in [2.75, 3.05) is 51.2 Å². The molecule has 4 N–H and O–H groups in total. The van der Waals surface area contributed by atoms with Crippen LogP contribution in [0.25, 0.3) is 0 Å². The molecule has 0 atom stereocenters. The maximum absolute atomic E-state index is 13.1. The molecule has 1 saturated heterocycles. The van der Waals surface area contributed by atoms with Crippen LogP contribution in [0, 0.1) is 5.82 Å². The molecule has 1 fully saturated rings. The summed E-state index contributed by atoms with van der Waals surface area (Å²) >= 11 is 6.02. The number of ether oxygens (including phenoxy) is 1. The van der Waals surface area contributed by atoms with Crippen molar-refractivity contribution in [1.82, 2.24) is 15.1 Å². The Balaban J connectivity index is 1.48. The molecule has 0 aliphatic carbocycles. The summed E-state index contributed by atoms with van der Waals surface area (Å²) in [7, 11) is 0. The largest absolute Gasteiger partial charge is 0.482 e. The Labute approximate surface area is 191 Å². The predicted octanol–water partition coefficient (Wildman–Crippen LogP) is 2.28. The number of hydrogen-bond acceptors (Lipinski definition) is 5. The van der Waals surface area contributed by atoms with Gasteiger partial charge < -0.3 is 26.0 Å². The number of nitrogens with one attached hydrogen (secondary N) is 2. The van der Waals surface area contributed by atoms with Crippen LogP contribution in [-0.2, 0) is 11.3 Å². The first-order chi connectivity index (χ1) is 15.4. The first-order valence-corrected chi connectivity index (χ1v) is 10.7. The number of urea groups is 1. The van der Waals surface area contributed by atoms with Crippen LogP contribution in [0.5, 0.6) is 5.75 Å². The number of nitrogens with two attached hydrogens (primary N) is 1. The fourth-order valence-corrected chi connectivity index (χ4v) is 3.48. The molecular weight excluding hydrogens is 437 g/mol. The zero-order chi connectivity index (χ0) is 22.9. The minimum absolute atomic E-state index is 0.139. The first kappa shape index (κ1) is 23.8. The number of nitrogens with zero attached hydrogens (tertiary/aromatic N) is 2. The van der Waals surface area contributed by atoms with Gasteiger partial charge in [-0.05, 0) is 35.9 Å². The Kier molecular flexibility index (Phi) is 8.66. The maximum Gasteiger partial charge on any atom is 0.319 e. The molecule has 10 heteroatoms. The van der Waals surface area contributed by atoms with Crippen molar-refractivity contribution < 1.29 is 18.7 Å². The highest BCUT2D eigenvalue weighted by Crippen LogP contribution is 2.28. The molecule has 0 radical (unpaired) electrons. The summed E-state index contributed by atoms with van der Waals surface area (Å²) < 4.78 is 18.7. The van der Waals surface area contributed by atoms with Crippen LogP contribution in [0.1, 0.15) is 5.56 Å². The van der Waals surface area contributed by atoms with Crippen molar-refractivity contribution in [2.24, 2.45) is 5.73 Å². The summed E-state index contributed by atoms with van der Waals surface area (Å²) in [4.78, 5) is 28.5. The lowest BCUT2D eigenvalue weighted by Crippen LogP contribution is -2.49. The van der Waals surface area contributed by atoms with Gasteiger partial charge in [-0.15, -0.1) is 0 Å². The van der Waals surface area contributed by atoms with Crippen LogP contribution in [0.4, 0.5) is 14.9 Å². The van der Waals surface area contributed by atoms with Gasteiger partial charge >= 0.3 is 6.03 Å². The lowest BCUT2D eigenvalue weighted by Gasteiger charge is -2.34. The average molecular weight is 464 g/mol. The van der Waals surface area contributed by atoms with E-state index >= 15 is 0 Å². The van der Waals surface area contributed by atoms with Crippen molar-refractivity contribution in [3.05, 3.63) is 58.9 Å². The highest BCUT2D eigenvalue weighted by atomic mass is 35.5. The summed E-state index contributed by atoms with van der Waals surface area (Å²) in [5.41, 5.74) is 6.78. The number of benzene rings is 2. The van der Waals surface area contributed by atoms with E-state index in [1.165, 1.54) is 12.1 Å². The SMILES string of the molecule is NCCNC(=O)Nc1cc(Cl)ccc1OCC(=O)N1CCN(Cc2ccc(F)cc2)CC1. The Morgan fingerprint density at radius 1 is 1.09 bits per heavy atom. The summed E-state index contributed by atoms with van der Waals surface area (Å²) in [6.07, 6.45) is 0. The number of piperazine rings is 1. The van der Waals surface area contributed by atoms with E-state index in [1.807, 2.05) is 0 Å². The van der Waals surface area contributed by atoms with Gasteiger partial charge in [0.1, 0.15) is 11.6 Å². The average Bonchev–Trinajstić information content (AvgIpc) is 2.79. The van der Waals surface area contributed by atoms with Crippen LogP contribution in [0.3, 0.4) is 0 Å². The van der Waals surface area contributed by atoms with Crippen molar-refractivity contribution in [2.45, 2.75) is 6.54 Å². The molecule has 1 heterocycles. The third-order valence-corrected chi connectivity index (χ3v) is 5.25. The lowest BCUT2D eigenvalue weighted by atomic mass is 10.2. The summed E-state index contributed by atoms with van der Waals surface area (Å²) in [6.45, 7) is 3.80. The normalized spacial score (nSPS) is 14.2. The van der Waals surface area contributed by atoms with Crippen LogP contribution >= 0.6 is 11.6 Å². The second-order valence-electron chi connectivity index (χ2n) is 7.38. The maximum atomic E-state index is 13.1. The monoisotopic (exact) mass is 463 g/mol. The number of anilines is 1. The Morgan fingerprint density at radius 2 is 1.81 bits per heavy atom. The zero-order valence-electron chi connectivity index (χ0n) is 17.7. The molecule has 3 rings (SSSR count). The van der Waals surface area contributed by atoms with Crippen molar-refractivity contribution in [3.8, 4) is 5.75 Å². The van der Waals surface area contributed by atoms with Gasteiger partial charge in [0.15, 0.2) is 6.61 Å². The summed E-state index contributed by atoms with van der Waals surface area (Å²) in [5.74, 6) is -0.0418. The van der Waals surface area contributed by atoms with Gasteiger partial charge in [-0.1, -0.05) is 23.7 Å². The van der Waals surface area contributed by atoms with Gasteiger partial charge in [-0.25, -0.2) is 9.18 Å². The van der Waals surface area contributed by atoms with Crippen molar-refractivity contribution in [3.63, 3.8) is 0 Å². The minimum Gasteiger partial charge on any atom is -0.482 e. The molecule has 2 aromatic rings. The van der Waals surface area contributed by atoms with Crippen LogP contribution in [0.2, 0.25) is 5.02 Å². The third kappa shape index (κ3) is 7.08. The second kappa shape index (κ2) is 11.7. The molecule has 0 spiro atoms. The van der Waals surface area contributed by atoms with Gasteiger partial charge in [-0.3, -0.25) is 9.69 Å². The molecule has 1 aliphatic heterocycles. The van der Waals surface area contributed by atoms with Gasteiger partial charge in [-0.2, -0.15) is 0 Å². The van der Waals surface area contributed by atoms with Crippen molar-refractivity contribution in [1.29, 1.82) is 0 Å². The number of hydrogen-bond donors (Lipinski definition) is 3. The van der Waals surface area contributed by atoms with Crippen molar-refractivity contribution >= 4 is 29.2 Å². The number of halogens is 2. The highest BCUT2D eigenvalue weighted by molar-refractivity contribution is 6.31. The first-order valence-electron chi connectivity index (χ1n) is 10.4. The standard InChI is InChI=1S/C22H27ClFN5O3/c23-17-3-6-20(19(13-17)27-22(31)26-8-7-25)32-15-21(30)29-11-9-28(10-12-29)14-16-1-4-18(24)5-2-16/h1-6,13H,7-12,14-15,25H2,(H2,26,27,31). The van der Waals surface area contributed by atoms with E-state index in [-0.39, 0.29) is 18.3 Å². The van der Waals surface area contributed by atoms with E-state index < -0.39 is 6.03 Å². The smallest absolute Gasteiger partial charge is 0.319 e. The van der Waals surface area contributed by atoms with Gasteiger partial charge in [0.05, 0.1) is 5.69 Å². The highest BCUT2D eigenvalue weighted by Gasteiger charge is 2.22. The predicted molar refractivity (Wildman–Crippen MR) is 121 cm³/mol. The Morgan fingerprint density at radius 3 is 2.50 bits per heavy atom. The van der Waals surface area contributed by atoms with Crippen LogP contribution < -0.4 is 21.1 Å². The van der Waals surface area contributed by atoms with E-state index in [1.54, 1.807) is 35.2 Å². The molecular formula is C22H27ClFN5O3. The van der Waals surface area contributed by atoms with E-state index in [9.17, 15) is 14.0 Å². The van der Waals surface area contributed by atoms with Gasteiger partial charge in [0.2, 0.25) is 0 Å². The molecule has 3 amide bonds. The van der Waals surface area contributed by atoms with E-state index in [0.717, 1.165) is 18.7 Å². The fraction of sp³-hybridized carbons (Fsp3) is 0.364. The lowest BCUT2D eigenvalue weighted by molar-refractivity contribution is -0.135. The molecule has 8 nitrogen and oxygen atoms in total. The fourth-order valence-electron chi connectivity index (χ4n) is 3.31. The quantitative estimate of drug-likeness (QED) is 0.557. The molecule has 172 valence electrons. The Bertz CT molecular complexity index is 920. The van der Waals surface area contributed by atoms with E-state index in [0.29, 0.717) is 49.2 Å². The third-order valence-electron chi connectivity index (χ3n) is 5.02.